The van der Waals surface area contributed by atoms with E-state index in [1.165, 1.54) is 18.2 Å². The predicted octanol–water partition coefficient (Wildman–Crippen LogP) is 3.24. The van der Waals surface area contributed by atoms with Crippen LogP contribution < -0.4 is 5.32 Å². The van der Waals surface area contributed by atoms with Crippen molar-refractivity contribution in [3.05, 3.63) is 57.8 Å². The molecule has 0 saturated heterocycles. The number of phenolic OH excluding ortho intramolecular Hbond substituents is 1. The number of aromatic hydroxyl groups is 1. The molecule has 108 valence electrons. The summed E-state index contributed by atoms with van der Waals surface area (Å²) in [5.41, 5.74) is -0.376. The van der Waals surface area contributed by atoms with E-state index in [9.17, 15) is 19.1 Å². The van der Waals surface area contributed by atoms with Gasteiger partial charge in [0.25, 0.3) is 5.91 Å². The van der Waals surface area contributed by atoms with Gasteiger partial charge in [-0.05, 0) is 36.4 Å². The van der Waals surface area contributed by atoms with Gasteiger partial charge in [0.1, 0.15) is 11.6 Å². The molecule has 0 heterocycles. The third-order valence-electron chi connectivity index (χ3n) is 2.66. The molecular weight excluding hydrogens is 345 g/mol. The Hall–Kier alpha value is -2.41. The Balaban J connectivity index is 2.38. The quantitative estimate of drug-likeness (QED) is 0.790. The molecule has 0 spiro atoms. The van der Waals surface area contributed by atoms with Gasteiger partial charge < -0.3 is 15.5 Å². The van der Waals surface area contributed by atoms with Crippen LogP contribution in [-0.2, 0) is 0 Å². The van der Waals surface area contributed by atoms with Gasteiger partial charge in [0.2, 0.25) is 0 Å². The average molecular weight is 354 g/mol. The lowest BCUT2D eigenvalue weighted by Crippen LogP contribution is -2.15. The molecule has 0 bridgehead atoms. The topological polar surface area (TPSA) is 86.6 Å². The largest absolute Gasteiger partial charge is 0.507 e. The number of hydrogen-bond donors (Lipinski definition) is 3. The van der Waals surface area contributed by atoms with Gasteiger partial charge in [0.05, 0.1) is 16.8 Å². The zero-order valence-corrected chi connectivity index (χ0v) is 12.0. The molecule has 3 N–H and O–H groups in total. The van der Waals surface area contributed by atoms with Crippen molar-refractivity contribution in [2.45, 2.75) is 0 Å². The molecule has 2 rings (SSSR count). The van der Waals surface area contributed by atoms with Gasteiger partial charge in [-0.3, -0.25) is 4.79 Å². The van der Waals surface area contributed by atoms with E-state index in [1.54, 1.807) is 0 Å². The molecule has 0 saturated carbocycles. The number of carboxylic acid groups (broad SMARTS) is 1. The van der Waals surface area contributed by atoms with Crippen LogP contribution in [0.1, 0.15) is 20.7 Å². The van der Waals surface area contributed by atoms with Gasteiger partial charge >= 0.3 is 5.97 Å². The molecule has 1 amide bonds. The maximum atomic E-state index is 13.1. The Kier molecular flexibility index (Phi) is 4.23. The van der Waals surface area contributed by atoms with Crippen LogP contribution in [0.25, 0.3) is 0 Å². The zero-order chi connectivity index (χ0) is 15.6. The van der Waals surface area contributed by atoms with E-state index < -0.39 is 23.4 Å². The Bertz CT molecular complexity index is 733. The second kappa shape index (κ2) is 5.92. The highest BCUT2D eigenvalue weighted by Gasteiger charge is 2.17. The lowest BCUT2D eigenvalue weighted by atomic mass is 10.1. The molecule has 0 aromatic heterocycles. The lowest BCUT2D eigenvalue weighted by Gasteiger charge is -2.10. The van der Waals surface area contributed by atoms with Crippen molar-refractivity contribution < 1.29 is 24.2 Å². The number of carbonyl (C=O) groups is 2. The first kappa shape index (κ1) is 15.0. The van der Waals surface area contributed by atoms with Crippen molar-refractivity contribution in [2.75, 3.05) is 5.32 Å². The summed E-state index contributed by atoms with van der Waals surface area (Å²) in [4.78, 5) is 23.1. The molecule has 7 heteroatoms. The van der Waals surface area contributed by atoms with Crippen molar-refractivity contribution in [3.63, 3.8) is 0 Å². The van der Waals surface area contributed by atoms with E-state index in [4.69, 9.17) is 5.11 Å². The lowest BCUT2D eigenvalue weighted by molar-refractivity contribution is 0.0698. The van der Waals surface area contributed by atoms with Gasteiger partial charge in [-0.15, -0.1) is 0 Å². The van der Waals surface area contributed by atoms with Crippen molar-refractivity contribution in [3.8, 4) is 5.75 Å². The Morgan fingerprint density at radius 2 is 1.81 bits per heavy atom. The summed E-state index contributed by atoms with van der Waals surface area (Å²) >= 11 is 3.16. The fourth-order valence-corrected chi connectivity index (χ4v) is 2.05. The maximum absolute atomic E-state index is 13.1. The van der Waals surface area contributed by atoms with Gasteiger partial charge in [0.15, 0.2) is 0 Å². The highest BCUT2D eigenvalue weighted by atomic mass is 79.9. The van der Waals surface area contributed by atoms with Gasteiger partial charge in [0, 0.05) is 4.47 Å². The third-order valence-corrected chi connectivity index (χ3v) is 3.16. The number of hydrogen-bond acceptors (Lipinski definition) is 3. The number of nitrogens with one attached hydrogen (secondary N) is 1. The molecule has 5 nitrogen and oxygen atoms in total. The SMILES string of the molecule is O=C(Nc1cc(Br)ccc1C(=O)O)c1cc(F)ccc1O. The number of amides is 1. The summed E-state index contributed by atoms with van der Waals surface area (Å²) in [7, 11) is 0. The standard InChI is InChI=1S/C14H9BrFNO4/c15-7-1-3-9(14(20)21)11(5-7)17-13(19)10-6-8(16)2-4-12(10)18/h1-6,18H,(H,17,19)(H,20,21). The number of rotatable bonds is 3. The predicted molar refractivity (Wildman–Crippen MR) is 77.1 cm³/mol. The Morgan fingerprint density at radius 3 is 2.48 bits per heavy atom. The molecule has 21 heavy (non-hydrogen) atoms. The Labute approximate surface area is 127 Å². The molecule has 0 unspecified atom stereocenters. The zero-order valence-electron chi connectivity index (χ0n) is 10.4. The van der Waals surface area contributed by atoms with Crippen molar-refractivity contribution in [1.29, 1.82) is 0 Å². The van der Waals surface area contributed by atoms with Crippen molar-refractivity contribution >= 4 is 33.5 Å². The molecule has 0 aliphatic heterocycles. The van der Waals surface area contributed by atoms with E-state index >= 15 is 0 Å². The van der Waals surface area contributed by atoms with Crippen LogP contribution in [0.2, 0.25) is 0 Å². The highest BCUT2D eigenvalue weighted by molar-refractivity contribution is 9.10. The second-order valence-corrected chi connectivity index (χ2v) is 5.03. The smallest absolute Gasteiger partial charge is 0.337 e. The van der Waals surface area contributed by atoms with Gasteiger partial charge in [-0.1, -0.05) is 15.9 Å². The van der Waals surface area contributed by atoms with E-state index in [2.05, 4.69) is 21.2 Å². The number of aromatic carboxylic acids is 1. The summed E-state index contributed by atoms with van der Waals surface area (Å²) in [5, 5.41) is 21.0. The first-order chi connectivity index (χ1) is 9.88. The highest BCUT2D eigenvalue weighted by Crippen LogP contribution is 2.24. The van der Waals surface area contributed by atoms with Crippen LogP contribution in [0.15, 0.2) is 40.9 Å². The van der Waals surface area contributed by atoms with Crippen molar-refractivity contribution in [1.82, 2.24) is 0 Å². The minimum Gasteiger partial charge on any atom is -0.507 e. The number of halogens is 2. The van der Waals surface area contributed by atoms with Crippen LogP contribution in [-0.4, -0.2) is 22.1 Å². The summed E-state index contributed by atoms with van der Waals surface area (Å²) < 4.78 is 13.7. The fraction of sp³-hybridized carbons (Fsp3) is 0. The number of benzene rings is 2. The second-order valence-electron chi connectivity index (χ2n) is 4.11. The molecule has 2 aromatic carbocycles. The number of carboxylic acids is 1. The number of anilines is 1. The third kappa shape index (κ3) is 3.38. The first-order valence-electron chi connectivity index (χ1n) is 5.71. The van der Waals surface area contributed by atoms with Gasteiger partial charge in [-0.2, -0.15) is 0 Å². The van der Waals surface area contributed by atoms with Crippen LogP contribution >= 0.6 is 15.9 Å². The minimum absolute atomic E-state index is 0.0329. The van der Waals surface area contributed by atoms with E-state index in [0.717, 1.165) is 18.2 Å². The van der Waals surface area contributed by atoms with Crippen molar-refractivity contribution in [2.24, 2.45) is 0 Å². The van der Waals surface area contributed by atoms with E-state index in [-0.39, 0.29) is 16.8 Å². The van der Waals surface area contributed by atoms with E-state index in [1.807, 2.05) is 0 Å². The molecule has 0 aliphatic carbocycles. The molecule has 0 fully saturated rings. The molecule has 0 atom stereocenters. The molecule has 0 aliphatic rings. The average Bonchev–Trinajstić information content (AvgIpc) is 2.41. The summed E-state index contributed by atoms with van der Waals surface area (Å²) in [6.07, 6.45) is 0. The number of phenols is 1. The van der Waals surface area contributed by atoms with Crippen LogP contribution in [0, 0.1) is 5.82 Å². The summed E-state index contributed by atoms with van der Waals surface area (Å²) in [5.74, 6) is -3.12. The number of carbonyl (C=O) groups excluding carboxylic acids is 1. The minimum atomic E-state index is -1.22. The Morgan fingerprint density at radius 1 is 1.10 bits per heavy atom. The molecule has 0 radical (unpaired) electrons. The van der Waals surface area contributed by atoms with Gasteiger partial charge in [-0.25, -0.2) is 9.18 Å². The fourth-order valence-electron chi connectivity index (χ4n) is 1.69. The summed E-state index contributed by atoms with van der Waals surface area (Å²) in [6.45, 7) is 0. The van der Waals surface area contributed by atoms with Crippen LogP contribution in [0.5, 0.6) is 5.75 Å². The monoisotopic (exact) mass is 353 g/mol. The first-order valence-corrected chi connectivity index (χ1v) is 6.50. The summed E-state index contributed by atoms with van der Waals surface area (Å²) in [6, 6.07) is 7.14. The molecule has 2 aromatic rings. The normalized spacial score (nSPS) is 10.2. The maximum Gasteiger partial charge on any atom is 0.337 e. The molecular formula is C14H9BrFNO4. The van der Waals surface area contributed by atoms with Crippen LogP contribution in [0.4, 0.5) is 10.1 Å². The van der Waals surface area contributed by atoms with Crippen LogP contribution in [0.3, 0.4) is 0 Å². The van der Waals surface area contributed by atoms with E-state index in [0.29, 0.717) is 4.47 Å².